The van der Waals surface area contributed by atoms with E-state index >= 15 is 0 Å². The van der Waals surface area contributed by atoms with Gasteiger partial charge in [0.1, 0.15) is 5.41 Å². The van der Waals surface area contributed by atoms with Crippen LogP contribution in [-0.2, 0) is 19.1 Å². The summed E-state index contributed by atoms with van der Waals surface area (Å²) in [6.07, 6.45) is -0.162. The largest absolute Gasteiger partial charge is 0.468 e. The van der Waals surface area contributed by atoms with Crippen LogP contribution in [0.3, 0.4) is 0 Å². The van der Waals surface area contributed by atoms with Crippen molar-refractivity contribution >= 4 is 87.3 Å². The highest BCUT2D eigenvalue weighted by Crippen LogP contribution is 2.39. The van der Waals surface area contributed by atoms with Gasteiger partial charge >= 0.3 is 5.97 Å². The van der Waals surface area contributed by atoms with E-state index in [1.54, 1.807) is 13.8 Å². The van der Waals surface area contributed by atoms with Crippen LogP contribution in [0.4, 0.5) is 0 Å². The van der Waals surface area contributed by atoms with Crippen LogP contribution in [0.15, 0.2) is 0 Å². The lowest BCUT2D eigenvalue weighted by Gasteiger charge is -2.30. The zero-order chi connectivity index (χ0) is 21.8. The van der Waals surface area contributed by atoms with E-state index in [-0.39, 0.29) is 12.8 Å². The second-order valence-electron chi connectivity index (χ2n) is 6.93. The van der Waals surface area contributed by atoms with Gasteiger partial charge in [-0.15, -0.1) is 0 Å². The van der Waals surface area contributed by atoms with Gasteiger partial charge in [-0.1, -0.05) is 83.5 Å². The normalized spacial score (nSPS) is 16.3. The van der Waals surface area contributed by atoms with Gasteiger partial charge in [0.05, 0.1) is 13.2 Å². The number of methoxy groups -OCH3 is 1. The molecule has 0 rings (SSSR count). The van der Waals surface area contributed by atoms with Gasteiger partial charge in [-0.2, -0.15) is 0 Å². The van der Waals surface area contributed by atoms with E-state index in [2.05, 4.69) is 10.1 Å². The number of alkyl halides is 6. The van der Waals surface area contributed by atoms with Crippen molar-refractivity contribution in [3.8, 4) is 0 Å². The Labute approximate surface area is 189 Å². The molecule has 0 aromatic rings. The van der Waals surface area contributed by atoms with Gasteiger partial charge in [-0.3, -0.25) is 14.4 Å². The molecule has 1 amide bonds. The fraction of sp³-hybridized carbons (Fsp3) is 0.812. The number of amides is 1. The molecular weight excluding hydrogens is 483 g/mol. The summed E-state index contributed by atoms with van der Waals surface area (Å²) in [7, 11) is 1.16. The molecule has 0 aliphatic heterocycles. The zero-order valence-corrected chi connectivity index (χ0v) is 20.1. The van der Waals surface area contributed by atoms with Crippen LogP contribution in [0.1, 0.15) is 40.5 Å². The van der Waals surface area contributed by atoms with Gasteiger partial charge in [-0.25, -0.2) is 0 Å². The summed E-state index contributed by atoms with van der Waals surface area (Å²) in [5.41, 5.74) is -1.51. The van der Waals surface area contributed by atoms with Crippen molar-refractivity contribution in [2.75, 3.05) is 7.11 Å². The summed E-state index contributed by atoms with van der Waals surface area (Å²) in [5.74, 6) is -3.08. The molecule has 0 aromatic carbocycles. The van der Waals surface area contributed by atoms with Crippen LogP contribution in [0, 0.1) is 17.3 Å². The maximum atomic E-state index is 12.9. The Hall–Kier alpha value is 0.350. The molecule has 3 atom stereocenters. The molecule has 0 unspecified atom stereocenters. The Morgan fingerprint density at radius 2 is 1.37 bits per heavy atom. The molecule has 0 bridgehead atoms. The average Bonchev–Trinajstić information content (AvgIpc) is 2.50. The van der Waals surface area contributed by atoms with Crippen molar-refractivity contribution in [2.45, 2.75) is 54.2 Å². The molecule has 11 heteroatoms. The number of halogens is 6. The van der Waals surface area contributed by atoms with Gasteiger partial charge in [-0.05, 0) is 20.3 Å². The smallest absolute Gasteiger partial charge is 0.318 e. The fourth-order valence-electron chi connectivity index (χ4n) is 2.16. The first-order valence-electron chi connectivity index (χ1n) is 8.00. The molecule has 0 radical (unpaired) electrons. The number of ether oxygens (including phenoxy) is 1. The minimum Gasteiger partial charge on any atom is -0.468 e. The summed E-state index contributed by atoms with van der Waals surface area (Å²) in [6.45, 7) is 5.97. The first-order chi connectivity index (χ1) is 11.9. The van der Waals surface area contributed by atoms with Crippen LogP contribution in [0.5, 0.6) is 0 Å². The topological polar surface area (TPSA) is 72.5 Å². The quantitative estimate of drug-likeness (QED) is 0.285. The number of carbonyl (C=O) groups is 3. The Morgan fingerprint density at radius 3 is 1.74 bits per heavy atom. The number of ketones is 1. The third-order valence-corrected chi connectivity index (χ3v) is 6.40. The highest BCUT2D eigenvalue weighted by Gasteiger charge is 2.44. The third kappa shape index (κ3) is 8.71. The van der Waals surface area contributed by atoms with Crippen molar-refractivity contribution in [3.63, 3.8) is 0 Å². The minimum atomic E-state index is -1.66. The molecule has 0 aliphatic rings. The van der Waals surface area contributed by atoms with Gasteiger partial charge in [0.25, 0.3) is 0 Å². The summed E-state index contributed by atoms with van der Waals surface area (Å²) in [5, 5.41) is 2.56. The molecule has 0 fully saturated rings. The minimum absolute atomic E-state index is 0.0103. The summed E-state index contributed by atoms with van der Waals surface area (Å²) in [4.78, 5) is 37.3. The third-order valence-electron chi connectivity index (χ3n) is 4.16. The van der Waals surface area contributed by atoms with E-state index in [1.165, 1.54) is 13.8 Å². The van der Waals surface area contributed by atoms with Crippen LogP contribution in [-0.4, -0.2) is 38.4 Å². The Morgan fingerprint density at radius 1 is 0.926 bits per heavy atom. The second kappa shape index (κ2) is 10.4. The van der Waals surface area contributed by atoms with Crippen LogP contribution >= 0.6 is 69.6 Å². The number of rotatable bonds is 8. The van der Waals surface area contributed by atoms with Crippen LogP contribution < -0.4 is 5.32 Å². The number of hydrogen-bond donors (Lipinski definition) is 1. The van der Waals surface area contributed by atoms with E-state index in [9.17, 15) is 14.4 Å². The number of nitrogens with one attached hydrogen (secondary N) is 1. The number of carbonyl (C=O) groups excluding carboxylic acids is 3. The lowest BCUT2D eigenvalue weighted by molar-refractivity contribution is -0.157. The van der Waals surface area contributed by atoms with Gasteiger partial charge in [0.15, 0.2) is 13.4 Å². The maximum absolute atomic E-state index is 12.9. The standard InChI is InChI=1S/C16H23Cl6NO4/c1-8(15(17,18)19)6-10(12(25)14(3,4)13(26)27-5)23-11(24)7-9(2)16(20,21)22/h8-10H,6-7H2,1-5H3,(H,23,24)/t8-,9-,10-/m0/s1. The van der Waals surface area contributed by atoms with Crippen molar-refractivity contribution in [1.82, 2.24) is 5.32 Å². The first kappa shape index (κ1) is 27.4. The van der Waals surface area contributed by atoms with E-state index in [4.69, 9.17) is 69.6 Å². The predicted molar refractivity (Wildman–Crippen MR) is 111 cm³/mol. The molecule has 0 aromatic heterocycles. The summed E-state index contributed by atoms with van der Waals surface area (Å²) in [6, 6.07) is -1.10. The molecular formula is C16H23Cl6NO4. The van der Waals surface area contributed by atoms with Gasteiger partial charge < -0.3 is 10.1 Å². The molecule has 0 saturated heterocycles. The lowest BCUT2D eigenvalue weighted by atomic mass is 9.81. The zero-order valence-electron chi connectivity index (χ0n) is 15.5. The Bertz CT molecular complexity index is 556. The van der Waals surface area contributed by atoms with E-state index in [0.29, 0.717) is 0 Å². The highest BCUT2D eigenvalue weighted by molar-refractivity contribution is 6.68. The van der Waals surface area contributed by atoms with Crippen molar-refractivity contribution < 1.29 is 19.1 Å². The number of hydrogen-bond acceptors (Lipinski definition) is 4. The predicted octanol–water partition coefficient (Wildman–Crippen LogP) is 5.03. The SMILES string of the molecule is COC(=O)C(C)(C)C(=O)[C@H](C[C@H](C)C(Cl)(Cl)Cl)NC(=O)C[C@H](C)C(Cl)(Cl)Cl. The van der Waals surface area contributed by atoms with E-state index < -0.39 is 48.5 Å². The maximum Gasteiger partial charge on any atom is 0.318 e. The average molecular weight is 506 g/mol. The van der Waals surface area contributed by atoms with Crippen molar-refractivity contribution in [3.05, 3.63) is 0 Å². The van der Waals surface area contributed by atoms with Gasteiger partial charge in [0.2, 0.25) is 5.91 Å². The Balaban J connectivity index is 5.52. The first-order valence-corrected chi connectivity index (χ1v) is 10.3. The van der Waals surface area contributed by atoms with Crippen LogP contribution in [0.2, 0.25) is 0 Å². The Kier molecular flexibility index (Phi) is 10.5. The highest BCUT2D eigenvalue weighted by atomic mass is 35.6. The molecule has 158 valence electrons. The molecule has 1 N–H and O–H groups in total. The number of esters is 1. The molecule has 27 heavy (non-hydrogen) atoms. The lowest BCUT2D eigenvalue weighted by Crippen LogP contribution is -2.51. The van der Waals surface area contributed by atoms with Gasteiger partial charge in [0, 0.05) is 18.3 Å². The summed E-state index contributed by atoms with van der Waals surface area (Å²) < 4.78 is 1.36. The monoisotopic (exact) mass is 503 g/mol. The van der Waals surface area contributed by atoms with E-state index in [1.807, 2.05) is 0 Å². The fourth-order valence-corrected chi connectivity index (χ4v) is 2.66. The van der Waals surface area contributed by atoms with E-state index in [0.717, 1.165) is 7.11 Å². The van der Waals surface area contributed by atoms with Crippen molar-refractivity contribution in [2.24, 2.45) is 17.3 Å². The molecule has 5 nitrogen and oxygen atoms in total. The summed E-state index contributed by atoms with van der Waals surface area (Å²) >= 11 is 35.0. The van der Waals surface area contributed by atoms with Crippen LogP contribution in [0.25, 0.3) is 0 Å². The number of Topliss-reactive ketones (excluding diaryl/α,β-unsaturated/α-hetero) is 1. The molecule has 0 spiro atoms. The van der Waals surface area contributed by atoms with Crippen molar-refractivity contribution in [1.29, 1.82) is 0 Å². The molecule has 0 heterocycles. The second-order valence-corrected chi connectivity index (χ2v) is 11.7. The molecule has 0 saturated carbocycles. The molecule has 0 aliphatic carbocycles.